The molecular weight excluding hydrogens is 246 g/mol. The first-order valence-electron chi connectivity index (χ1n) is 5.79. The number of nitrogens with one attached hydrogen (secondary N) is 1. The molecule has 0 radical (unpaired) electrons. The molecule has 6 heteroatoms. The summed E-state index contributed by atoms with van der Waals surface area (Å²) in [6, 6.07) is 9.10. The highest BCUT2D eigenvalue weighted by Gasteiger charge is 2.23. The van der Waals surface area contributed by atoms with Crippen molar-refractivity contribution >= 4 is 11.6 Å². The van der Waals surface area contributed by atoms with Crippen LogP contribution >= 0.6 is 0 Å². The first kappa shape index (κ1) is 12.9. The quantitative estimate of drug-likeness (QED) is 0.653. The largest absolute Gasteiger partial charge is 0.485 e. The molecular formula is C13H13N3O3. The van der Waals surface area contributed by atoms with Gasteiger partial charge < -0.3 is 9.47 Å². The highest BCUT2D eigenvalue weighted by atomic mass is 16.6. The number of amides is 1. The van der Waals surface area contributed by atoms with Gasteiger partial charge in [0.2, 0.25) is 0 Å². The predicted molar refractivity (Wildman–Crippen MR) is 67.8 cm³/mol. The standard InChI is InChI=1S/C13H13N3O3/c1-9(15-16-13(17)6-7-14)12-8-18-10-4-2-3-5-11(10)19-12/h2-5,12H,6,8H2,1H3,(H,16,17)/b15-9+/t12-/m0/s1. The van der Waals surface area contributed by atoms with Gasteiger partial charge in [-0.1, -0.05) is 12.1 Å². The second kappa shape index (κ2) is 5.87. The van der Waals surface area contributed by atoms with Crippen LogP contribution in [0, 0.1) is 11.3 Å². The number of hydrazone groups is 1. The number of ether oxygens (including phenoxy) is 2. The molecule has 0 aromatic heterocycles. The number of para-hydroxylation sites is 2. The van der Waals surface area contributed by atoms with Crippen LogP contribution < -0.4 is 14.9 Å². The van der Waals surface area contributed by atoms with E-state index in [9.17, 15) is 4.79 Å². The van der Waals surface area contributed by atoms with Crippen LogP contribution in [0.3, 0.4) is 0 Å². The lowest BCUT2D eigenvalue weighted by Gasteiger charge is -2.26. The molecule has 0 unspecified atom stereocenters. The van der Waals surface area contributed by atoms with E-state index in [1.54, 1.807) is 13.0 Å². The molecule has 0 bridgehead atoms. The lowest BCUT2D eigenvalue weighted by atomic mass is 10.2. The maximum atomic E-state index is 11.1. The zero-order valence-electron chi connectivity index (χ0n) is 10.4. The van der Waals surface area contributed by atoms with Crippen LogP contribution in [0.1, 0.15) is 13.3 Å². The zero-order chi connectivity index (χ0) is 13.7. The Morgan fingerprint density at radius 1 is 1.53 bits per heavy atom. The number of fused-ring (bicyclic) bond motifs is 1. The number of carbonyl (C=O) groups is 1. The Kier molecular flexibility index (Phi) is 3.98. The molecule has 1 aromatic rings. The Morgan fingerprint density at radius 3 is 3.00 bits per heavy atom. The van der Waals surface area contributed by atoms with E-state index in [-0.39, 0.29) is 12.5 Å². The van der Waals surface area contributed by atoms with Gasteiger partial charge in [-0.25, -0.2) is 5.43 Å². The Bertz CT molecular complexity index is 548. The van der Waals surface area contributed by atoms with Crippen molar-refractivity contribution in [1.29, 1.82) is 5.26 Å². The first-order valence-corrected chi connectivity index (χ1v) is 5.79. The van der Waals surface area contributed by atoms with Crippen LogP contribution in [0.25, 0.3) is 0 Å². The van der Waals surface area contributed by atoms with Gasteiger partial charge in [0.1, 0.15) is 13.0 Å². The molecule has 1 aliphatic rings. The third kappa shape index (κ3) is 3.22. The van der Waals surface area contributed by atoms with Crippen LogP contribution in [0.15, 0.2) is 29.4 Å². The average Bonchev–Trinajstić information content (AvgIpc) is 2.44. The molecule has 1 N–H and O–H groups in total. The van der Waals surface area contributed by atoms with Crippen molar-refractivity contribution in [3.63, 3.8) is 0 Å². The summed E-state index contributed by atoms with van der Waals surface area (Å²) in [7, 11) is 0. The monoisotopic (exact) mass is 259 g/mol. The fourth-order valence-corrected chi connectivity index (χ4v) is 1.56. The Labute approximate surface area is 110 Å². The van der Waals surface area contributed by atoms with Crippen molar-refractivity contribution in [2.45, 2.75) is 19.4 Å². The number of benzene rings is 1. The molecule has 1 aromatic carbocycles. The van der Waals surface area contributed by atoms with Gasteiger partial charge in [-0.15, -0.1) is 0 Å². The number of nitriles is 1. The summed E-state index contributed by atoms with van der Waals surface area (Å²) in [4.78, 5) is 11.1. The predicted octanol–water partition coefficient (Wildman–Crippen LogP) is 1.23. The van der Waals surface area contributed by atoms with Gasteiger partial charge in [0, 0.05) is 0 Å². The number of rotatable bonds is 3. The third-order valence-electron chi connectivity index (χ3n) is 2.57. The van der Waals surface area contributed by atoms with Gasteiger partial charge in [0.15, 0.2) is 17.6 Å². The van der Waals surface area contributed by atoms with Gasteiger partial charge >= 0.3 is 0 Å². The first-order chi connectivity index (χ1) is 9.20. The second-order valence-electron chi connectivity index (χ2n) is 3.99. The fourth-order valence-electron chi connectivity index (χ4n) is 1.56. The van der Waals surface area contributed by atoms with Gasteiger partial charge in [-0.2, -0.15) is 10.4 Å². The van der Waals surface area contributed by atoms with Gasteiger partial charge in [-0.05, 0) is 19.1 Å². The average molecular weight is 259 g/mol. The highest BCUT2D eigenvalue weighted by Crippen LogP contribution is 2.31. The number of hydrogen-bond donors (Lipinski definition) is 1. The summed E-state index contributed by atoms with van der Waals surface area (Å²) >= 11 is 0. The number of hydrogen-bond acceptors (Lipinski definition) is 5. The van der Waals surface area contributed by atoms with Crippen molar-refractivity contribution in [2.75, 3.05) is 6.61 Å². The molecule has 0 saturated heterocycles. The summed E-state index contributed by atoms with van der Waals surface area (Å²) in [6.45, 7) is 2.06. The molecule has 0 spiro atoms. The SMILES string of the molecule is C/C(=N\NC(=O)CC#N)[C@@H]1COc2ccccc2O1. The van der Waals surface area contributed by atoms with E-state index in [0.29, 0.717) is 23.8 Å². The van der Waals surface area contributed by atoms with E-state index in [1.807, 2.05) is 24.3 Å². The molecule has 6 nitrogen and oxygen atoms in total. The molecule has 0 saturated carbocycles. The second-order valence-corrected chi connectivity index (χ2v) is 3.99. The highest BCUT2D eigenvalue weighted by molar-refractivity contribution is 5.88. The van der Waals surface area contributed by atoms with Crippen LogP contribution in [-0.2, 0) is 4.79 Å². The van der Waals surface area contributed by atoms with Crippen LogP contribution in [-0.4, -0.2) is 24.3 Å². The fraction of sp³-hybridized carbons (Fsp3) is 0.308. The maximum absolute atomic E-state index is 11.1. The third-order valence-corrected chi connectivity index (χ3v) is 2.57. The van der Waals surface area contributed by atoms with Gasteiger partial charge in [0.25, 0.3) is 5.91 Å². The molecule has 1 aliphatic heterocycles. The molecule has 2 rings (SSSR count). The van der Waals surface area contributed by atoms with Crippen LogP contribution in [0.5, 0.6) is 11.5 Å². The number of carbonyl (C=O) groups excluding carboxylic acids is 1. The van der Waals surface area contributed by atoms with Crippen molar-refractivity contribution in [3.05, 3.63) is 24.3 Å². The molecule has 19 heavy (non-hydrogen) atoms. The van der Waals surface area contributed by atoms with Crippen molar-refractivity contribution in [2.24, 2.45) is 5.10 Å². The minimum absolute atomic E-state index is 0.221. The molecule has 98 valence electrons. The molecule has 0 aliphatic carbocycles. The molecule has 0 fully saturated rings. The minimum atomic E-state index is -0.445. The van der Waals surface area contributed by atoms with E-state index < -0.39 is 5.91 Å². The van der Waals surface area contributed by atoms with E-state index in [0.717, 1.165) is 0 Å². The Hall–Kier alpha value is -2.55. The summed E-state index contributed by atoms with van der Waals surface area (Å²) in [6.07, 6.45) is -0.570. The van der Waals surface area contributed by atoms with Crippen molar-refractivity contribution in [3.8, 4) is 17.6 Å². The van der Waals surface area contributed by atoms with Crippen LogP contribution in [0.2, 0.25) is 0 Å². The Balaban J connectivity index is 1.99. The normalized spacial score (nSPS) is 17.5. The smallest absolute Gasteiger partial charge is 0.254 e. The summed E-state index contributed by atoms with van der Waals surface area (Å²) in [5.74, 6) is 0.899. The van der Waals surface area contributed by atoms with Crippen LogP contribution in [0.4, 0.5) is 0 Å². The van der Waals surface area contributed by atoms with Gasteiger partial charge in [0.05, 0.1) is 11.8 Å². The molecule has 1 heterocycles. The molecule has 1 amide bonds. The summed E-state index contributed by atoms with van der Waals surface area (Å²) in [5, 5.41) is 12.3. The van der Waals surface area contributed by atoms with E-state index >= 15 is 0 Å². The summed E-state index contributed by atoms with van der Waals surface area (Å²) < 4.78 is 11.3. The molecule has 1 atom stereocenters. The van der Waals surface area contributed by atoms with E-state index in [1.165, 1.54) is 0 Å². The van der Waals surface area contributed by atoms with E-state index in [2.05, 4.69) is 10.5 Å². The lowest BCUT2D eigenvalue weighted by molar-refractivity contribution is -0.120. The minimum Gasteiger partial charge on any atom is -0.485 e. The topological polar surface area (TPSA) is 83.7 Å². The van der Waals surface area contributed by atoms with E-state index in [4.69, 9.17) is 14.7 Å². The van der Waals surface area contributed by atoms with Gasteiger partial charge in [-0.3, -0.25) is 4.79 Å². The maximum Gasteiger partial charge on any atom is 0.254 e. The summed E-state index contributed by atoms with van der Waals surface area (Å²) in [5.41, 5.74) is 2.88. The zero-order valence-corrected chi connectivity index (χ0v) is 10.4. The number of nitrogens with zero attached hydrogens (tertiary/aromatic N) is 2. The Morgan fingerprint density at radius 2 is 2.26 bits per heavy atom. The van der Waals surface area contributed by atoms with Crippen molar-refractivity contribution in [1.82, 2.24) is 5.43 Å². The lowest BCUT2D eigenvalue weighted by Crippen LogP contribution is -2.36. The van der Waals surface area contributed by atoms with Crippen molar-refractivity contribution < 1.29 is 14.3 Å².